The van der Waals surface area contributed by atoms with E-state index in [1.54, 1.807) is 23.1 Å². The molecule has 2 aromatic heterocycles. The van der Waals surface area contributed by atoms with Gasteiger partial charge < -0.3 is 5.32 Å². The second-order valence-electron chi connectivity index (χ2n) is 3.92. The number of anilines is 1. The summed E-state index contributed by atoms with van der Waals surface area (Å²) in [5.41, 5.74) is 1.68. The van der Waals surface area contributed by atoms with Crippen LogP contribution in [-0.4, -0.2) is 37.4 Å². The lowest BCUT2D eigenvalue weighted by atomic mass is 10.3. The van der Waals surface area contributed by atoms with Gasteiger partial charge in [-0.1, -0.05) is 11.8 Å². The summed E-state index contributed by atoms with van der Waals surface area (Å²) in [5, 5.41) is 13.4. The molecule has 7 nitrogen and oxygen atoms in total. The molecule has 0 saturated carbocycles. The Bertz CT molecular complexity index is 739. The summed E-state index contributed by atoms with van der Waals surface area (Å²) < 4.78 is 3.43. The molecule has 20 heavy (non-hydrogen) atoms. The van der Waals surface area contributed by atoms with E-state index in [9.17, 15) is 4.79 Å². The van der Waals surface area contributed by atoms with Crippen LogP contribution in [0.25, 0.3) is 10.2 Å². The first-order valence-electron chi connectivity index (χ1n) is 5.70. The maximum Gasteiger partial charge on any atom is 0.246 e. The smallest absolute Gasteiger partial charge is 0.246 e. The van der Waals surface area contributed by atoms with Crippen LogP contribution in [0, 0.1) is 0 Å². The summed E-state index contributed by atoms with van der Waals surface area (Å²) in [7, 11) is 0. The molecule has 0 bridgehead atoms. The molecule has 1 N–H and O–H groups in total. The highest BCUT2D eigenvalue weighted by molar-refractivity contribution is 8.00. The number of hydrogen-bond donors (Lipinski definition) is 1. The monoisotopic (exact) mass is 306 g/mol. The number of hydrogen-bond acceptors (Lipinski definition) is 7. The predicted molar refractivity (Wildman–Crippen MR) is 77.8 cm³/mol. The number of rotatable bonds is 4. The Morgan fingerprint density at radius 3 is 3.15 bits per heavy atom. The zero-order chi connectivity index (χ0) is 13.9. The molecule has 0 spiro atoms. The van der Waals surface area contributed by atoms with E-state index in [4.69, 9.17) is 0 Å². The van der Waals surface area contributed by atoms with Gasteiger partial charge in [-0.25, -0.2) is 9.67 Å². The van der Waals surface area contributed by atoms with Gasteiger partial charge in [-0.3, -0.25) is 4.79 Å². The molecule has 2 heterocycles. The second-order valence-corrected chi connectivity index (χ2v) is 6.01. The van der Waals surface area contributed by atoms with Crippen molar-refractivity contribution < 1.29 is 4.79 Å². The minimum atomic E-state index is -0.175. The lowest BCUT2D eigenvalue weighted by Gasteiger charge is -2.04. The highest BCUT2D eigenvalue weighted by Crippen LogP contribution is 2.29. The Balaban J connectivity index is 1.75. The Morgan fingerprint density at radius 1 is 1.50 bits per heavy atom. The number of carbonyl (C=O) groups is 1. The largest absolute Gasteiger partial charge is 0.324 e. The van der Waals surface area contributed by atoms with Gasteiger partial charge in [-0.05, 0) is 34.9 Å². The molecule has 0 fully saturated rings. The SMILES string of the molecule is CSc1nc2ccc(NC(=O)Cn3cnnn3)cc2s1. The van der Waals surface area contributed by atoms with Crippen LogP contribution < -0.4 is 5.32 Å². The van der Waals surface area contributed by atoms with E-state index in [-0.39, 0.29) is 12.5 Å². The summed E-state index contributed by atoms with van der Waals surface area (Å²) >= 11 is 3.22. The molecule has 0 aliphatic carbocycles. The van der Waals surface area contributed by atoms with Crippen LogP contribution in [0.1, 0.15) is 0 Å². The fourth-order valence-electron chi connectivity index (χ4n) is 1.67. The molecule has 3 rings (SSSR count). The molecule has 1 aromatic carbocycles. The van der Waals surface area contributed by atoms with E-state index in [1.807, 2.05) is 24.5 Å². The number of amides is 1. The second kappa shape index (κ2) is 5.55. The number of nitrogens with one attached hydrogen (secondary N) is 1. The Morgan fingerprint density at radius 2 is 2.40 bits per heavy atom. The van der Waals surface area contributed by atoms with E-state index in [0.717, 1.165) is 20.2 Å². The van der Waals surface area contributed by atoms with E-state index in [0.29, 0.717) is 0 Å². The molecular weight excluding hydrogens is 296 g/mol. The summed E-state index contributed by atoms with van der Waals surface area (Å²) in [6, 6.07) is 5.66. The van der Waals surface area contributed by atoms with Gasteiger partial charge in [0.2, 0.25) is 5.91 Å². The first kappa shape index (κ1) is 13.0. The molecule has 9 heteroatoms. The van der Waals surface area contributed by atoms with Gasteiger partial charge >= 0.3 is 0 Å². The molecule has 0 unspecified atom stereocenters. The molecule has 102 valence electrons. The number of aromatic nitrogens is 5. The number of thiazole rings is 1. The van der Waals surface area contributed by atoms with E-state index >= 15 is 0 Å². The Kier molecular flexibility index (Phi) is 3.61. The summed E-state index contributed by atoms with van der Waals surface area (Å²) in [6.07, 6.45) is 3.39. The number of fused-ring (bicyclic) bond motifs is 1. The lowest BCUT2D eigenvalue weighted by molar-refractivity contribution is -0.116. The zero-order valence-corrected chi connectivity index (χ0v) is 12.1. The van der Waals surface area contributed by atoms with E-state index in [1.165, 1.54) is 11.0 Å². The minimum Gasteiger partial charge on any atom is -0.324 e. The van der Waals surface area contributed by atoms with Gasteiger partial charge in [0.25, 0.3) is 0 Å². The molecular formula is C11H10N6OS2. The van der Waals surface area contributed by atoms with Crippen molar-refractivity contribution in [2.45, 2.75) is 10.9 Å². The summed E-state index contributed by atoms with van der Waals surface area (Å²) in [5.74, 6) is -0.175. The van der Waals surface area contributed by atoms with Crippen LogP contribution in [0.5, 0.6) is 0 Å². The number of benzene rings is 1. The van der Waals surface area contributed by atoms with Crippen molar-refractivity contribution in [3.05, 3.63) is 24.5 Å². The van der Waals surface area contributed by atoms with Gasteiger partial charge in [0.1, 0.15) is 12.9 Å². The molecule has 0 atom stereocenters. The average Bonchev–Trinajstić information content (AvgIpc) is 3.06. The van der Waals surface area contributed by atoms with Crippen LogP contribution in [0.4, 0.5) is 5.69 Å². The Labute approximate surface area is 122 Å². The van der Waals surface area contributed by atoms with Crippen LogP contribution in [0.2, 0.25) is 0 Å². The number of tetrazole rings is 1. The topological polar surface area (TPSA) is 85.6 Å². The third kappa shape index (κ3) is 2.78. The quantitative estimate of drug-likeness (QED) is 0.738. The molecule has 0 aliphatic rings. The van der Waals surface area contributed by atoms with Gasteiger partial charge in [-0.15, -0.1) is 16.4 Å². The van der Waals surface area contributed by atoms with Crippen molar-refractivity contribution in [2.75, 3.05) is 11.6 Å². The average molecular weight is 306 g/mol. The predicted octanol–water partition coefficient (Wildman–Crippen LogP) is 1.64. The van der Waals surface area contributed by atoms with Crippen molar-refractivity contribution in [2.24, 2.45) is 0 Å². The zero-order valence-electron chi connectivity index (χ0n) is 10.5. The fraction of sp³-hybridized carbons (Fsp3) is 0.182. The van der Waals surface area contributed by atoms with Gasteiger partial charge in [0, 0.05) is 5.69 Å². The minimum absolute atomic E-state index is 0.0871. The third-order valence-corrected chi connectivity index (χ3v) is 4.53. The standard InChI is InChI=1S/C11H10N6OS2/c1-19-11-14-8-3-2-7(4-9(8)20-11)13-10(18)5-17-6-12-15-16-17/h2-4,6H,5H2,1H3,(H,13,18). The number of nitrogens with zero attached hydrogens (tertiary/aromatic N) is 5. The third-order valence-electron chi connectivity index (χ3n) is 2.52. The maximum absolute atomic E-state index is 11.8. The van der Waals surface area contributed by atoms with Crippen molar-refractivity contribution >= 4 is 44.9 Å². The van der Waals surface area contributed by atoms with Crippen LogP contribution >= 0.6 is 23.1 Å². The highest BCUT2D eigenvalue weighted by atomic mass is 32.2. The normalized spacial score (nSPS) is 10.8. The molecule has 0 radical (unpaired) electrons. The number of thioether (sulfide) groups is 1. The maximum atomic E-state index is 11.8. The van der Waals surface area contributed by atoms with Crippen molar-refractivity contribution in [1.29, 1.82) is 0 Å². The van der Waals surface area contributed by atoms with Crippen molar-refractivity contribution in [1.82, 2.24) is 25.2 Å². The van der Waals surface area contributed by atoms with Gasteiger partial charge in [0.05, 0.1) is 10.2 Å². The molecule has 3 aromatic rings. The summed E-state index contributed by atoms with van der Waals surface area (Å²) in [4.78, 5) is 16.3. The molecule has 0 saturated heterocycles. The summed E-state index contributed by atoms with van der Waals surface area (Å²) in [6.45, 7) is 0.0871. The first-order chi connectivity index (χ1) is 9.74. The Hall–Kier alpha value is -2.00. The first-order valence-corrected chi connectivity index (χ1v) is 7.74. The molecule has 1 amide bonds. The lowest BCUT2D eigenvalue weighted by Crippen LogP contribution is -2.19. The van der Waals surface area contributed by atoms with Crippen LogP contribution in [0.3, 0.4) is 0 Å². The van der Waals surface area contributed by atoms with Crippen LogP contribution in [-0.2, 0) is 11.3 Å². The highest BCUT2D eigenvalue weighted by Gasteiger charge is 2.07. The van der Waals surface area contributed by atoms with Crippen LogP contribution in [0.15, 0.2) is 28.9 Å². The number of carbonyl (C=O) groups excluding carboxylic acids is 1. The van der Waals surface area contributed by atoms with Crippen molar-refractivity contribution in [3.63, 3.8) is 0 Å². The molecule has 0 aliphatic heterocycles. The van der Waals surface area contributed by atoms with Gasteiger partial charge in [0.15, 0.2) is 4.34 Å². The van der Waals surface area contributed by atoms with Gasteiger partial charge in [-0.2, -0.15) is 0 Å². The van der Waals surface area contributed by atoms with Crippen molar-refractivity contribution in [3.8, 4) is 0 Å². The fourth-order valence-corrected chi connectivity index (χ4v) is 3.20. The van der Waals surface area contributed by atoms with E-state index in [2.05, 4.69) is 25.8 Å². The van der Waals surface area contributed by atoms with E-state index < -0.39 is 0 Å².